The number of allylic oxidation sites excluding steroid dienone is 2. The summed E-state index contributed by atoms with van der Waals surface area (Å²) in [4.78, 5) is 48.6. The summed E-state index contributed by atoms with van der Waals surface area (Å²) >= 11 is 0. The summed E-state index contributed by atoms with van der Waals surface area (Å²) in [7, 11) is -5.39. The van der Waals surface area contributed by atoms with E-state index in [0.717, 1.165) is 0 Å². The Morgan fingerprint density at radius 3 is 1.89 bits per heavy atom. The molecule has 0 radical (unpaired) electrons. The molecule has 1 aromatic carbocycles. The van der Waals surface area contributed by atoms with Crippen molar-refractivity contribution < 1.29 is 58.4 Å². The van der Waals surface area contributed by atoms with Gasteiger partial charge in [0.05, 0.1) is 0 Å². The van der Waals surface area contributed by atoms with E-state index in [-0.39, 0.29) is 41.1 Å². The van der Waals surface area contributed by atoms with Gasteiger partial charge in [-0.2, -0.15) is 7.82 Å². The number of benzene rings is 1. The molecular formula is C11H8NaO6P-2. The summed E-state index contributed by atoms with van der Waals surface area (Å²) in [5.41, 5.74) is 1.55. The van der Waals surface area contributed by atoms with Gasteiger partial charge in [-0.1, -0.05) is 24.3 Å². The van der Waals surface area contributed by atoms with Crippen LogP contribution in [0.5, 0.6) is 0 Å². The summed E-state index contributed by atoms with van der Waals surface area (Å²) in [6, 6.07) is 6.89. The first-order chi connectivity index (χ1) is 8.20. The molecule has 1 aliphatic carbocycles. The van der Waals surface area contributed by atoms with Crippen molar-refractivity contribution in [3.8, 4) is 0 Å². The van der Waals surface area contributed by atoms with Crippen molar-refractivity contribution in [1.29, 1.82) is 0 Å². The van der Waals surface area contributed by atoms with E-state index in [2.05, 4.69) is 0 Å². The molecule has 19 heavy (non-hydrogen) atoms. The molecular weight excluding hydrogens is 282 g/mol. The summed E-state index contributed by atoms with van der Waals surface area (Å²) in [5, 5.41) is 0. The Kier molecular flexibility index (Phi) is 7.04. The van der Waals surface area contributed by atoms with Gasteiger partial charge in [-0.3, -0.25) is 9.59 Å². The van der Waals surface area contributed by atoms with Crippen LogP contribution < -0.4 is 44.2 Å². The minimum Gasteiger partial charge on any atom is -0.822 e. The van der Waals surface area contributed by atoms with Crippen LogP contribution in [0.2, 0.25) is 0 Å². The van der Waals surface area contributed by atoms with Crippen molar-refractivity contribution in [3.05, 3.63) is 47.0 Å². The molecule has 0 saturated carbocycles. The Morgan fingerprint density at radius 1 is 1.00 bits per heavy atom. The second kappa shape index (κ2) is 7.26. The van der Waals surface area contributed by atoms with Gasteiger partial charge in [0.25, 0.3) is 0 Å². The molecule has 0 spiro atoms. The van der Waals surface area contributed by atoms with Gasteiger partial charge in [0.15, 0.2) is 11.6 Å². The molecule has 0 unspecified atom stereocenters. The van der Waals surface area contributed by atoms with Crippen molar-refractivity contribution in [2.24, 2.45) is 0 Å². The number of carbonyl (C=O) groups is 2. The van der Waals surface area contributed by atoms with Gasteiger partial charge >= 0.3 is 29.6 Å². The van der Waals surface area contributed by atoms with E-state index >= 15 is 0 Å². The van der Waals surface area contributed by atoms with Crippen LogP contribution in [0.25, 0.3) is 0 Å². The third-order valence-corrected chi connectivity index (χ3v) is 2.14. The zero-order valence-electron chi connectivity index (χ0n) is 10.3. The van der Waals surface area contributed by atoms with Crippen molar-refractivity contribution in [2.75, 3.05) is 0 Å². The van der Waals surface area contributed by atoms with E-state index in [1.54, 1.807) is 31.2 Å². The molecule has 1 aliphatic rings. The zero-order chi connectivity index (χ0) is 13.9. The number of phosphoric acid groups is 1. The largest absolute Gasteiger partial charge is 1.00 e. The standard InChI is InChI=1S/C11H8O2.Na.H3O4P/c1-7-6-10(12)8-4-2-3-5-9(8)11(7)13;;1-5(2,3)4/h2-6H,1H3;;(H3,1,2,3,4)/q;+1;/p-3. The maximum Gasteiger partial charge on any atom is 1.00 e. The topological polar surface area (TPSA) is 120 Å². The maximum absolute atomic E-state index is 11.5. The molecule has 0 N–H and O–H groups in total. The fourth-order valence-corrected chi connectivity index (χ4v) is 1.45. The SMILES string of the molecule is CC1=CC(=O)c2ccccc2C1=O.O=P([O-])([O-])[O-].[Na+]. The Balaban J connectivity index is 0.000000471. The van der Waals surface area contributed by atoms with E-state index in [1.165, 1.54) is 6.08 Å². The van der Waals surface area contributed by atoms with Crippen LogP contribution in [0.4, 0.5) is 0 Å². The molecule has 0 aromatic heterocycles. The Labute approximate surface area is 131 Å². The summed E-state index contributed by atoms with van der Waals surface area (Å²) in [6.07, 6.45) is 1.39. The fourth-order valence-electron chi connectivity index (χ4n) is 1.45. The normalized spacial score (nSPS) is 13.6. The van der Waals surface area contributed by atoms with Gasteiger partial charge in [-0.05, 0) is 13.0 Å². The molecule has 1 aromatic rings. The summed E-state index contributed by atoms with van der Waals surface area (Å²) < 4.78 is 8.55. The number of ketones is 2. The molecule has 2 rings (SSSR count). The number of fused-ring (bicyclic) bond motifs is 1. The van der Waals surface area contributed by atoms with E-state index in [1.807, 2.05) is 0 Å². The number of hydrogen-bond donors (Lipinski definition) is 0. The predicted octanol–water partition coefficient (Wildman–Crippen LogP) is -3.81. The van der Waals surface area contributed by atoms with Gasteiger partial charge in [-0.25, -0.2) is 0 Å². The molecule has 8 heteroatoms. The molecule has 6 nitrogen and oxygen atoms in total. The Hall–Kier alpha value is -0.590. The second-order valence-corrected chi connectivity index (χ2v) is 4.41. The van der Waals surface area contributed by atoms with Crippen LogP contribution in [0.1, 0.15) is 27.6 Å². The monoisotopic (exact) mass is 290 g/mol. The van der Waals surface area contributed by atoms with E-state index < -0.39 is 7.82 Å². The average Bonchev–Trinajstić information content (AvgIpc) is 2.24. The van der Waals surface area contributed by atoms with Crippen LogP contribution in [-0.4, -0.2) is 11.6 Å². The average molecular weight is 290 g/mol. The van der Waals surface area contributed by atoms with Crippen LogP contribution in [-0.2, 0) is 4.57 Å². The molecule has 0 fully saturated rings. The summed E-state index contributed by atoms with van der Waals surface area (Å²) in [5.74, 6) is -0.122. The van der Waals surface area contributed by atoms with Gasteiger partial charge in [-0.15, -0.1) is 0 Å². The first-order valence-electron chi connectivity index (χ1n) is 4.79. The minimum absolute atomic E-state index is 0. The van der Waals surface area contributed by atoms with Crippen LogP contribution in [0.3, 0.4) is 0 Å². The number of carbonyl (C=O) groups excluding carboxylic acids is 2. The van der Waals surface area contributed by atoms with Crippen LogP contribution in [0, 0.1) is 0 Å². The fraction of sp³-hybridized carbons (Fsp3) is 0.0909. The van der Waals surface area contributed by atoms with Gasteiger partial charge in [0.1, 0.15) is 0 Å². The molecule has 0 heterocycles. The van der Waals surface area contributed by atoms with Gasteiger partial charge < -0.3 is 19.2 Å². The third-order valence-electron chi connectivity index (χ3n) is 2.14. The van der Waals surface area contributed by atoms with Crippen molar-refractivity contribution in [2.45, 2.75) is 6.92 Å². The molecule has 0 aliphatic heterocycles. The first-order valence-corrected chi connectivity index (χ1v) is 6.25. The van der Waals surface area contributed by atoms with Gasteiger partial charge in [0, 0.05) is 16.7 Å². The summed E-state index contributed by atoms with van der Waals surface area (Å²) in [6.45, 7) is 1.66. The molecule has 0 amide bonds. The Bertz CT molecular complexity index is 566. The smallest absolute Gasteiger partial charge is 0.822 e. The minimum atomic E-state index is -5.39. The van der Waals surface area contributed by atoms with Gasteiger partial charge in [0.2, 0.25) is 0 Å². The third kappa shape index (κ3) is 5.93. The second-order valence-electron chi connectivity index (χ2n) is 3.51. The number of hydrogen-bond acceptors (Lipinski definition) is 6. The first kappa shape index (κ1) is 18.4. The number of rotatable bonds is 0. The van der Waals surface area contributed by atoms with E-state index in [0.29, 0.717) is 16.7 Å². The predicted molar refractivity (Wildman–Crippen MR) is 56.5 cm³/mol. The number of Topliss-reactive ketones (excluding diaryl/α,β-unsaturated/α-hetero) is 1. The van der Waals surface area contributed by atoms with Crippen LogP contribution in [0.15, 0.2) is 35.9 Å². The van der Waals surface area contributed by atoms with Crippen molar-refractivity contribution in [1.82, 2.24) is 0 Å². The van der Waals surface area contributed by atoms with E-state index in [9.17, 15) is 9.59 Å². The molecule has 96 valence electrons. The molecule has 0 saturated heterocycles. The quantitative estimate of drug-likeness (QED) is 0.357. The van der Waals surface area contributed by atoms with E-state index in [4.69, 9.17) is 19.2 Å². The van der Waals surface area contributed by atoms with Crippen molar-refractivity contribution in [3.63, 3.8) is 0 Å². The van der Waals surface area contributed by atoms with Crippen molar-refractivity contribution >= 4 is 19.4 Å². The molecule has 0 bridgehead atoms. The molecule has 0 atom stereocenters. The Morgan fingerprint density at radius 2 is 1.42 bits per heavy atom. The zero-order valence-corrected chi connectivity index (χ0v) is 13.2. The maximum atomic E-state index is 11.5. The van der Waals surface area contributed by atoms with Crippen LogP contribution >= 0.6 is 7.82 Å².